The highest BCUT2D eigenvalue weighted by Gasteiger charge is 2.25. The molecule has 150 valence electrons. The molecule has 0 aliphatic rings. The number of hydrogen-bond donors (Lipinski definition) is 1. The Kier molecular flexibility index (Phi) is 6.21. The largest absolute Gasteiger partial charge is 0.443 e. The molecule has 1 aromatic carbocycles. The van der Waals surface area contributed by atoms with Gasteiger partial charge < -0.3 is 15.2 Å². The number of amides is 1. The molecule has 1 heterocycles. The number of anilines is 2. The third kappa shape index (κ3) is 5.97. The van der Waals surface area contributed by atoms with Crippen LogP contribution in [0.2, 0.25) is 25.7 Å². The topological polar surface area (TPSA) is 82.6 Å². The van der Waals surface area contributed by atoms with Crippen molar-refractivity contribution in [1.29, 1.82) is 0 Å². The van der Waals surface area contributed by atoms with Crippen molar-refractivity contribution in [2.24, 2.45) is 0 Å². The fourth-order valence-corrected chi connectivity index (χ4v) is 3.28. The summed E-state index contributed by atoms with van der Waals surface area (Å²) in [6, 6.07) is 6.53. The lowest BCUT2D eigenvalue weighted by atomic mass is 10.2. The Morgan fingerprint density at radius 1 is 1.30 bits per heavy atom. The summed E-state index contributed by atoms with van der Waals surface area (Å²) in [6.45, 7) is 13.4. The molecule has 7 nitrogen and oxygen atoms in total. The van der Waals surface area contributed by atoms with E-state index in [1.807, 2.05) is 26.8 Å². The lowest BCUT2D eigenvalue weighted by Gasteiger charge is -2.25. The molecule has 2 N–H and O–H groups in total. The molecule has 0 unspecified atom stereocenters. The van der Waals surface area contributed by atoms with Gasteiger partial charge in [0, 0.05) is 32.8 Å². The van der Waals surface area contributed by atoms with E-state index in [9.17, 15) is 4.79 Å². The van der Waals surface area contributed by atoms with Crippen LogP contribution < -0.4 is 10.6 Å². The van der Waals surface area contributed by atoms with Crippen molar-refractivity contribution in [3.63, 3.8) is 0 Å². The quantitative estimate of drug-likeness (QED) is 0.450. The molecular formula is C19H32N4O3Si. The molecule has 0 saturated carbocycles. The highest BCUT2D eigenvalue weighted by Crippen LogP contribution is 2.29. The number of nitrogens with zero attached hydrogens (tertiary/aromatic N) is 3. The van der Waals surface area contributed by atoms with Crippen molar-refractivity contribution in [2.75, 3.05) is 24.3 Å². The minimum absolute atomic E-state index is 0.265. The number of ether oxygens (including phenoxy) is 2. The Morgan fingerprint density at radius 3 is 2.56 bits per heavy atom. The van der Waals surface area contributed by atoms with Gasteiger partial charge in [0.1, 0.15) is 18.1 Å². The van der Waals surface area contributed by atoms with Crippen LogP contribution in [0.3, 0.4) is 0 Å². The number of benzene rings is 1. The van der Waals surface area contributed by atoms with E-state index in [4.69, 9.17) is 15.2 Å². The normalized spacial score (nSPS) is 12.4. The second-order valence-electron chi connectivity index (χ2n) is 8.99. The van der Waals surface area contributed by atoms with Gasteiger partial charge in [0.15, 0.2) is 0 Å². The summed E-state index contributed by atoms with van der Waals surface area (Å²) in [5.74, 6) is 0.632. The van der Waals surface area contributed by atoms with Crippen LogP contribution in [0.25, 0.3) is 10.9 Å². The molecular weight excluding hydrogens is 360 g/mol. The van der Waals surface area contributed by atoms with Crippen molar-refractivity contribution in [1.82, 2.24) is 9.78 Å². The molecule has 2 aromatic rings. The first kappa shape index (κ1) is 21.2. The third-order valence-corrected chi connectivity index (χ3v) is 5.63. The van der Waals surface area contributed by atoms with Crippen LogP contribution >= 0.6 is 0 Å². The molecule has 2 rings (SSSR count). The summed E-state index contributed by atoms with van der Waals surface area (Å²) in [5, 5.41) is 5.41. The van der Waals surface area contributed by atoms with Gasteiger partial charge in [-0.1, -0.05) is 19.6 Å². The average molecular weight is 393 g/mol. The van der Waals surface area contributed by atoms with Crippen molar-refractivity contribution in [3.8, 4) is 0 Å². The number of nitrogens with two attached hydrogens (primary N) is 1. The second-order valence-corrected chi connectivity index (χ2v) is 14.6. The van der Waals surface area contributed by atoms with E-state index in [0.29, 0.717) is 23.6 Å². The highest BCUT2D eigenvalue weighted by atomic mass is 28.3. The molecule has 0 spiro atoms. The first-order chi connectivity index (χ1) is 12.4. The number of carbonyl (C=O) groups excluding carboxylic acids is 1. The van der Waals surface area contributed by atoms with Gasteiger partial charge in [0.2, 0.25) is 0 Å². The van der Waals surface area contributed by atoms with Gasteiger partial charge in [-0.15, -0.1) is 0 Å². The third-order valence-electron chi connectivity index (χ3n) is 3.93. The van der Waals surface area contributed by atoms with Crippen LogP contribution in [0.1, 0.15) is 20.8 Å². The molecule has 1 aromatic heterocycles. The summed E-state index contributed by atoms with van der Waals surface area (Å²) < 4.78 is 13.1. The van der Waals surface area contributed by atoms with E-state index >= 15 is 0 Å². The highest BCUT2D eigenvalue weighted by molar-refractivity contribution is 6.76. The zero-order valence-corrected chi connectivity index (χ0v) is 18.5. The fourth-order valence-electron chi connectivity index (χ4n) is 2.53. The fraction of sp³-hybridized carbons (Fsp3) is 0.579. The number of hydrogen-bond acceptors (Lipinski definition) is 5. The lowest BCUT2D eigenvalue weighted by molar-refractivity contribution is 0.0575. The van der Waals surface area contributed by atoms with E-state index in [1.165, 1.54) is 4.90 Å². The zero-order chi connectivity index (χ0) is 20.4. The van der Waals surface area contributed by atoms with Gasteiger partial charge >= 0.3 is 6.09 Å². The molecule has 0 aliphatic heterocycles. The minimum Gasteiger partial charge on any atom is -0.443 e. The molecule has 0 bridgehead atoms. The van der Waals surface area contributed by atoms with Gasteiger partial charge in [-0.2, -0.15) is 5.10 Å². The maximum atomic E-state index is 12.6. The van der Waals surface area contributed by atoms with Crippen molar-refractivity contribution in [2.45, 2.75) is 58.8 Å². The lowest BCUT2D eigenvalue weighted by Crippen LogP contribution is -2.35. The molecule has 0 aliphatic carbocycles. The molecule has 0 radical (unpaired) electrons. The maximum Gasteiger partial charge on any atom is 0.415 e. The number of fused-ring (bicyclic) bond motifs is 1. The van der Waals surface area contributed by atoms with Gasteiger partial charge in [-0.3, -0.25) is 4.90 Å². The molecule has 27 heavy (non-hydrogen) atoms. The van der Waals surface area contributed by atoms with Crippen LogP contribution in [0.4, 0.5) is 16.3 Å². The van der Waals surface area contributed by atoms with E-state index in [0.717, 1.165) is 11.4 Å². The van der Waals surface area contributed by atoms with Crippen LogP contribution in [0.5, 0.6) is 0 Å². The molecule has 1 amide bonds. The SMILES string of the molecule is CN(C(=O)OC(C)(C)C)c1c2ccc(N)cc2nn1COCC[Si](C)(C)C. The Hall–Kier alpha value is -2.06. The Morgan fingerprint density at radius 2 is 1.96 bits per heavy atom. The maximum absolute atomic E-state index is 12.6. The first-order valence-electron chi connectivity index (χ1n) is 9.18. The van der Waals surface area contributed by atoms with Crippen molar-refractivity contribution in [3.05, 3.63) is 18.2 Å². The van der Waals surface area contributed by atoms with Crippen molar-refractivity contribution < 1.29 is 14.3 Å². The van der Waals surface area contributed by atoms with Gasteiger partial charge in [0.25, 0.3) is 0 Å². The number of rotatable bonds is 6. The van der Waals surface area contributed by atoms with E-state index in [2.05, 4.69) is 24.7 Å². The molecule has 0 atom stereocenters. The minimum atomic E-state index is -1.17. The number of aromatic nitrogens is 2. The smallest absolute Gasteiger partial charge is 0.415 e. The summed E-state index contributed by atoms with van der Waals surface area (Å²) in [4.78, 5) is 14.1. The summed E-state index contributed by atoms with van der Waals surface area (Å²) >= 11 is 0. The molecule has 0 fully saturated rings. The first-order valence-corrected chi connectivity index (χ1v) is 12.9. The summed E-state index contributed by atoms with van der Waals surface area (Å²) in [5.41, 5.74) is 6.65. The van der Waals surface area contributed by atoms with Gasteiger partial charge in [0.05, 0.1) is 5.52 Å². The summed E-state index contributed by atoms with van der Waals surface area (Å²) in [6.07, 6.45) is -0.440. The van der Waals surface area contributed by atoms with Gasteiger partial charge in [-0.25, -0.2) is 9.48 Å². The van der Waals surface area contributed by atoms with E-state index < -0.39 is 19.8 Å². The zero-order valence-electron chi connectivity index (χ0n) is 17.5. The predicted molar refractivity (Wildman–Crippen MR) is 113 cm³/mol. The van der Waals surface area contributed by atoms with Crippen LogP contribution in [0, 0.1) is 0 Å². The monoisotopic (exact) mass is 392 g/mol. The Bertz CT molecular complexity index is 806. The number of carbonyl (C=O) groups is 1. The standard InChI is InChI=1S/C19H32N4O3Si/c1-19(2,3)26-18(24)22(4)17-15-9-8-14(20)12-16(15)21-23(17)13-25-10-11-27(5,6)7/h8-9,12H,10-11,13,20H2,1-7H3. The van der Waals surface area contributed by atoms with Crippen LogP contribution in [-0.4, -0.2) is 43.2 Å². The summed E-state index contributed by atoms with van der Waals surface area (Å²) in [7, 11) is 0.510. The number of nitrogen functional groups attached to an aromatic ring is 1. The Labute approximate surface area is 162 Å². The van der Waals surface area contributed by atoms with Gasteiger partial charge in [-0.05, 0) is 45.0 Å². The molecule has 8 heteroatoms. The van der Waals surface area contributed by atoms with E-state index in [1.54, 1.807) is 23.9 Å². The van der Waals surface area contributed by atoms with E-state index in [-0.39, 0.29) is 6.73 Å². The predicted octanol–water partition coefficient (Wildman–Crippen LogP) is 4.30. The van der Waals surface area contributed by atoms with Crippen molar-refractivity contribution >= 4 is 36.6 Å². The van der Waals surface area contributed by atoms with Crippen LogP contribution in [-0.2, 0) is 16.2 Å². The Balaban J connectivity index is 2.29. The molecule has 0 saturated heterocycles. The second kappa shape index (κ2) is 7.90. The average Bonchev–Trinajstić information content (AvgIpc) is 2.85. The van der Waals surface area contributed by atoms with Crippen LogP contribution in [0.15, 0.2) is 18.2 Å².